The first kappa shape index (κ1) is 53.7. The van der Waals surface area contributed by atoms with Gasteiger partial charge in [0.1, 0.15) is 0 Å². The van der Waals surface area contributed by atoms with Crippen LogP contribution in [0.25, 0.3) is 144 Å². The van der Waals surface area contributed by atoms with Gasteiger partial charge in [-0.15, -0.1) is 0 Å². The second kappa shape index (κ2) is 19.3. The summed E-state index contributed by atoms with van der Waals surface area (Å²) < 4.78 is 0. The molecule has 0 atom stereocenters. The summed E-state index contributed by atoms with van der Waals surface area (Å²) in [5, 5.41) is 7.77. The lowest BCUT2D eigenvalue weighted by Crippen LogP contribution is -2.17. The fourth-order valence-corrected chi connectivity index (χ4v) is 13.9. The summed E-state index contributed by atoms with van der Waals surface area (Å²) in [5.41, 5.74) is 30.8. The Morgan fingerprint density at radius 2 is 0.434 bits per heavy atom. The molecule has 0 nitrogen and oxygen atoms in total. The Balaban J connectivity index is 0.00000645. The van der Waals surface area contributed by atoms with Gasteiger partial charge in [-0.3, -0.25) is 0 Å². The topological polar surface area (TPSA) is 0 Å². The van der Waals surface area contributed by atoms with Crippen LogP contribution in [0.5, 0.6) is 0 Å². The Kier molecular flexibility index (Phi) is 12.5. The highest BCUT2D eigenvalue weighted by Gasteiger charge is 2.39. The quantitative estimate of drug-likeness (QED) is 0.156. The van der Waals surface area contributed by atoms with Gasteiger partial charge < -0.3 is 0 Å². The van der Waals surface area contributed by atoms with Gasteiger partial charge in [0, 0.05) is 0 Å². The average Bonchev–Trinajstić information content (AvgIpc) is 1.66. The molecule has 0 fully saturated rings. The molecule has 0 bridgehead atoms. The SMILES string of the molecule is C.CC(C)(C)c1cc(-c2c3c(c(-c4cc(C(C)(C)C)cc(C(C)(C)C)c4)c4ccccc24)-c2ccc4c5c(ccc-3c25)-c2c-4c(-c3ccccc3-c3ccccc3)c3ccccc3c2-c2ccccc2-c2ccccc2)cc(C(C)(C)C)c1. The minimum absolute atomic E-state index is 0. The number of fused-ring (bicyclic) bond motifs is 8. The molecular formula is C83H76. The molecule has 0 amide bonds. The van der Waals surface area contributed by atoms with Crippen molar-refractivity contribution >= 4 is 32.3 Å². The monoisotopic (exact) mass is 1070 g/mol. The molecule has 0 N–H and O–H groups in total. The Bertz CT molecular complexity index is 4250. The Morgan fingerprint density at radius 3 is 0.723 bits per heavy atom. The van der Waals surface area contributed by atoms with E-state index in [9.17, 15) is 0 Å². The minimum atomic E-state index is -0.0692. The van der Waals surface area contributed by atoms with E-state index in [4.69, 9.17) is 0 Å². The van der Waals surface area contributed by atoms with E-state index in [1.165, 1.54) is 166 Å². The van der Waals surface area contributed by atoms with E-state index in [0.717, 1.165) is 0 Å². The summed E-state index contributed by atoms with van der Waals surface area (Å²) in [7, 11) is 0. The number of hydrogen-bond donors (Lipinski definition) is 0. The predicted octanol–water partition coefficient (Wildman–Crippen LogP) is 24.3. The largest absolute Gasteiger partial charge is 0.0776 e. The molecule has 2 aliphatic carbocycles. The van der Waals surface area contributed by atoms with Crippen LogP contribution in [0.15, 0.2) is 218 Å². The van der Waals surface area contributed by atoms with Gasteiger partial charge in [0.15, 0.2) is 0 Å². The minimum Gasteiger partial charge on any atom is -0.0776 e. The number of benzene rings is 12. The Hall–Kier alpha value is -8.58. The lowest BCUT2D eigenvalue weighted by molar-refractivity contribution is 0.568. The van der Waals surface area contributed by atoms with Crippen LogP contribution in [0.2, 0.25) is 0 Å². The van der Waals surface area contributed by atoms with Crippen LogP contribution in [-0.4, -0.2) is 0 Å². The second-order valence-electron chi connectivity index (χ2n) is 27.6. The lowest BCUT2D eigenvalue weighted by Gasteiger charge is -2.29. The van der Waals surface area contributed by atoms with Crippen molar-refractivity contribution in [3.05, 3.63) is 241 Å². The second-order valence-corrected chi connectivity index (χ2v) is 27.6. The molecule has 0 saturated carbocycles. The van der Waals surface area contributed by atoms with E-state index in [1.807, 2.05) is 0 Å². The van der Waals surface area contributed by atoms with Gasteiger partial charge in [-0.1, -0.05) is 309 Å². The first-order valence-corrected chi connectivity index (χ1v) is 29.7. The van der Waals surface area contributed by atoms with Crippen LogP contribution in [0.1, 0.15) is 113 Å². The third kappa shape index (κ3) is 8.54. The first-order valence-electron chi connectivity index (χ1n) is 29.7. The summed E-state index contributed by atoms with van der Waals surface area (Å²) in [4.78, 5) is 0. The normalized spacial score (nSPS) is 12.7. The maximum Gasteiger partial charge on any atom is -0.000718 e. The predicted molar refractivity (Wildman–Crippen MR) is 362 cm³/mol. The summed E-state index contributed by atoms with van der Waals surface area (Å²) >= 11 is 0. The Labute approximate surface area is 493 Å². The van der Waals surface area contributed by atoms with Crippen molar-refractivity contribution < 1.29 is 0 Å². The van der Waals surface area contributed by atoms with Crippen LogP contribution in [-0.2, 0) is 21.7 Å². The number of hydrogen-bond acceptors (Lipinski definition) is 0. The van der Waals surface area contributed by atoms with Crippen LogP contribution < -0.4 is 0 Å². The molecule has 0 aromatic heterocycles. The molecule has 0 saturated heterocycles. The zero-order chi connectivity index (χ0) is 56.8. The van der Waals surface area contributed by atoms with E-state index in [-0.39, 0.29) is 29.1 Å². The fraction of sp³-hybridized carbons (Fsp3) is 0.205. The maximum absolute atomic E-state index is 2.53. The molecule has 12 aromatic rings. The zero-order valence-electron chi connectivity index (χ0n) is 49.8. The van der Waals surface area contributed by atoms with Gasteiger partial charge in [-0.25, -0.2) is 0 Å². The van der Waals surface area contributed by atoms with Crippen molar-refractivity contribution in [3.63, 3.8) is 0 Å². The van der Waals surface area contributed by atoms with Crippen molar-refractivity contribution in [2.75, 3.05) is 0 Å². The van der Waals surface area contributed by atoms with Crippen LogP contribution in [0.3, 0.4) is 0 Å². The fourth-order valence-electron chi connectivity index (χ4n) is 13.9. The first-order chi connectivity index (χ1) is 39.3. The van der Waals surface area contributed by atoms with Gasteiger partial charge in [-0.2, -0.15) is 0 Å². The zero-order valence-corrected chi connectivity index (χ0v) is 49.8. The standard InChI is InChI=1S/C82H72.CH4/c1-79(2,3)53-43-51(44-54(47-53)80(4,5)6)69-61-35-23-24-36-62(61)70(52-45-55(81(7,8)9)48-56(46-52)82(10,11)12)76-66-40-42-68-74-67(41-39-65(73(66)74)75(69)76)77-71(59-33-21-19-31-57(59)49-27-15-13-16-28-49)63-37-25-26-38-64(63)72(78(68)77)60-34-22-20-32-58(60)50-29-17-14-18-30-50;/h13-48H,1-12H3;1H4. The van der Waals surface area contributed by atoms with Crippen molar-refractivity contribution in [3.8, 4) is 111 Å². The summed E-state index contributed by atoms with van der Waals surface area (Å²) in [6.45, 7) is 28.4. The van der Waals surface area contributed by atoms with Crippen molar-refractivity contribution in [2.24, 2.45) is 0 Å². The molecule has 0 heteroatoms. The molecule has 408 valence electrons. The molecule has 0 unspecified atom stereocenters. The average molecular weight is 1070 g/mol. The van der Waals surface area contributed by atoms with Gasteiger partial charge in [0.05, 0.1) is 0 Å². The van der Waals surface area contributed by atoms with E-state index >= 15 is 0 Å². The van der Waals surface area contributed by atoms with E-state index < -0.39 is 0 Å². The van der Waals surface area contributed by atoms with Gasteiger partial charge in [-0.05, 0) is 188 Å². The van der Waals surface area contributed by atoms with Crippen molar-refractivity contribution in [1.29, 1.82) is 0 Å². The smallest absolute Gasteiger partial charge is 0.000718 e. The summed E-state index contributed by atoms with van der Waals surface area (Å²) in [6.07, 6.45) is 0. The molecule has 2 aliphatic rings. The Morgan fingerprint density at radius 1 is 0.193 bits per heavy atom. The number of rotatable bonds is 6. The lowest BCUT2D eigenvalue weighted by atomic mass is 9.75. The summed E-state index contributed by atoms with van der Waals surface area (Å²) in [6, 6.07) is 84.0. The van der Waals surface area contributed by atoms with Crippen molar-refractivity contribution in [2.45, 2.75) is 112 Å². The summed E-state index contributed by atoms with van der Waals surface area (Å²) in [5.74, 6) is 0. The van der Waals surface area contributed by atoms with Gasteiger partial charge in [0.25, 0.3) is 0 Å². The van der Waals surface area contributed by atoms with Crippen LogP contribution >= 0.6 is 0 Å². The highest BCUT2D eigenvalue weighted by atomic mass is 14.4. The molecule has 14 rings (SSSR count). The molecule has 0 spiro atoms. The highest BCUT2D eigenvalue weighted by molar-refractivity contribution is 6.36. The van der Waals surface area contributed by atoms with Crippen LogP contribution in [0.4, 0.5) is 0 Å². The molecule has 0 heterocycles. The third-order valence-corrected chi connectivity index (χ3v) is 18.1. The van der Waals surface area contributed by atoms with E-state index in [2.05, 4.69) is 301 Å². The van der Waals surface area contributed by atoms with Crippen molar-refractivity contribution in [1.82, 2.24) is 0 Å². The molecule has 0 radical (unpaired) electrons. The highest BCUT2D eigenvalue weighted by Crippen LogP contribution is 2.65. The van der Waals surface area contributed by atoms with E-state index in [1.54, 1.807) is 0 Å². The molecule has 12 aromatic carbocycles. The maximum atomic E-state index is 2.53. The molecule has 83 heavy (non-hydrogen) atoms. The van der Waals surface area contributed by atoms with E-state index in [0.29, 0.717) is 0 Å². The van der Waals surface area contributed by atoms with Crippen LogP contribution in [0, 0.1) is 0 Å². The van der Waals surface area contributed by atoms with Gasteiger partial charge in [0.2, 0.25) is 0 Å². The molecule has 0 aliphatic heterocycles. The third-order valence-electron chi connectivity index (χ3n) is 18.1. The molecular weight excluding hydrogens is 997 g/mol. The van der Waals surface area contributed by atoms with Gasteiger partial charge >= 0.3 is 0 Å².